The quantitative estimate of drug-likeness (QED) is 0.878. The summed E-state index contributed by atoms with van der Waals surface area (Å²) in [5, 5.41) is 19.0. The molecule has 0 radical (unpaired) electrons. The van der Waals surface area contributed by atoms with Crippen molar-refractivity contribution in [3.63, 3.8) is 0 Å². The second kappa shape index (κ2) is 5.92. The number of aliphatic hydroxyl groups excluding tert-OH is 1. The van der Waals surface area contributed by atoms with Gasteiger partial charge in [0.1, 0.15) is 11.9 Å². The molecule has 0 bridgehead atoms. The van der Waals surface area contributed by atoms with Crippen molar-refractivity contribution in [3.8, 4) is 0 Å². The van der Waals surface area contributed by atoms with Gasteiger partial charge in [-0.25, -0.2) is 4.79 Å². The molecule has 1 unspecified atom stereocenters. The molecule has 0 saturated carbocycles. The number of carboxylic acid groups (broad SMARTS) is 1. The smallest absolute Gasteiger partial charge is 0.371 e. The van der Waals surface area contributed by atoms with Crippen molar-refractivity contribution in [2.75, 3.05) is 0 Å². The fourth-order valence-corrected chi connectivity index (χ4v) is 2.09. The van der Waals surface area contributed by atoms with Gasteiger partial charge in [-0.05, 0) is 35.6 Å². The van der Waals surface area contributed by atoms with E-state index < -0.39 is 12.1 Å². The Balaban J connectivity index is 2.15. The normalized spacial score (nSPS) is 12.6. The lowest BCUT2D eigenvalue weighted by atomic mass is 10.00. The van der Waals surface area contributed by atoms with Crippen LogP contribution in [0.2, 0.25) is 0 Å². The Kier molecular flexibility index (Phi) is 4.25. The van der Waals surface area contributed by atoms with Gasteiger partial charge in [-0.15, -0.1) is 0 Å². The van der Waals surface area contributed by atoms with Gasteiger partial charge in [-0.3, -0.25) is 0 Å². The summed E-state index contributed by atoms with van der Waals surface area (Å²) in [7, 11) is 0. The van der Waals surface area contributed by atoms with E-state index in [9.17, 15) is 9.90 Å². The van der Waals surface area contributed by atoms with Gasteiger partial charge in [0, 0.05) is 0 Å². The SMILES string of the molecule is CC(C)Cc1ccc(C(O)c2ccc(C(=O)O)o2)cc1. The van der Waals surface area contributed by atoms with Gasteiger partial charge in [0.05, 0.1) is 0 Å². The summed E-state index contributed by atoms with van der Waals surface area (Å²) >= 11 is 0. The molecule has 0 aliphatic rings. The predicted molar refractivity (Wildman–Crippen MR) is 74.7 cm³/mol. The predicted octanol–water partition coefficient (Wildman–Crippen LogP) is 3.26. The Morgan fingerprint density at radius 2 is 1.80 bits per heavy atom. The van der Waals surface area contributed by atoms with Crippen LogP contribution in [0.15, 0.2) is 40.8 Å². The molecule has 2 aromatic rings. The summed E-state index contributed by atoms with van der Waals surface area (Å²) in [6.45, 7) is 4.30. The van der Waals surface area contributed by atoms with Crippen LogP contribution in [0.4, 0.5) is 0 Å². The largest absolute Gasteiger partial charge is 0.475 e. The van der Waals surface area contributed by atoms with Gasteiger partial charge in [-0.2, -0.15) is 0 Å². The summed E-state index contributed by atoms with van der Waals surface area (Å²) < 4.78 is 5.11. The van der Waals surface area contributed by atoms with Gasteiger partial charge in [0.15, 0.2) is 0 Å². The zero-order chi connectivity index (χ0) is 14.7. The number of hydrogen-bond donors (Lipinski definition) is 2. The lowest BCUT2D eigenvalue weighted by molar-refractivity contribution is 0.0655. The van der Waals surface area contributed by atoms with E-state index in [1.165, 1.54) is 17.7 Å². The number of hydrogen-bond acceptors (Lipinski definition) is 3. The molecule has 0 amide bonds. The molecule has 4 heteroatoms. The van der Waals surface area contributed by atoms with Crippen molar-refractivity contribution in [3.05, 3.63) is 59.0 Å². The Hall–Kier alpha value is -2.07. The van der Waals surface area contributed by atoms with Gasteiger partial charge < -0.3 is 14.6 Å². The zero-order valence-electron chi connectivity index (χ0n) is 11.5. The van der Waals surface area contributed by atoms with Crippen LogP contribution in [-0.4, -0.2) is 16.2 Å². The Morgan fingerprint density at radius 1 is 1.15 bits per heavy atom. The average Bonchev–Trinajstić information content (AvgIpc) is 2.88. The first-order valence-electron chi connectivity index (χ1n) is 6.57. The number of rotatable bonds is 5. The van der Waals surface area contributed by atoms with Crippen molar-refractivity contribution in [2.45, 2.75) is 26.4 Å². The van der Waals surface area contributed by atoms with Crippen LogP contribution in [0.3, 0.4) is 0 Å². The Morgan fingerprint density at radius 3 is 2.30 bits per heavy atom. The summed E-state index contributed by atoms with van der Waals surface area (Å²) in [5.74, 6) is -0.501. The first kappa shape index (κ1) is 14.3. The van der Waals surface area contributed by atoms with E-state index >= 15 is 0 Å². The van der Waals surface area contributed by atoms with E-state index in [2.05, 4.69) is 13.8 Å². The molecule has 1 atom stereocenters. The maximum atomic E-state index is 10.7. The number of aliphatic hydroxyl groups is 1. The second-order valence-electron chi connectivity index (χ2n) is 5.25. The number of carbonyl (C=O) groups is 1. The molecule has 1 aromatic heterocycles. The van der Waals surface area contributed by atoms with E-state index in [0.717, 1.165) is 6.42 Å². The maximum Gasteiger partial charge on any atom is 0.371 e. The molecule has 0 aliphatic carbocycles. The lowest BCUT2D eigenvalue weighted by Gasteiger charge is -2.10. The highest BCUT2D eigenvalue weighted by molar-refractivity contribution is 5.84. The summed E-state index contributed by atoms with van der Waals surface area (Å²) in [6, 6.07) is 10.4. The van der Waals surface area contributed by atoms with Crippen LogP contribution in [0.5, 0.6) is 0 Å². The van der Waals surface area contributed by atoms with Crippen molar-refractivity contribution in [1.29, 1.82) is 0 Å². The monoisotopic (exact) mass is 274 g/mol. The highest BCUT2D eigenvalue weighted by Gasteiger charge is 2.17. The van der Waals surface area contributed by atoms with E-state index in [-0.39, 0.29) is 11.5 Å². The minimum atomic E-state index is -1.14. The van der Waals surface area contributed by atoms with Crippen molar-refractivity contribution >= 4 is 5.97 Å². The maximum absolute atomic E-state index is 10.7. The van der Waals surface area contributed by atoms with Gasteiger partial charge >= 0.3 is 5.97 Å². The Bertz CT molecular complexity index is 581. The van der Waals surface area contributed by atoms with Crippen LogP contribution in [0, 0.1) is 5.92 Å². The molecule has 1 aromatic carbocycles. The minimum absolute atomic E-state index is 0.171. The minimum Gasteiger partial charge on any atom is -0.475 e. The zero-order valence-corrected chi connectivity index (χ0v) is 11.5. The van der Waals surface area contributed by atoms with E-state index in [1.54, 1.807) is 0 Å². The highest BCUT2D eigenvalue weighted by Crippen LogP contribution is 2.24. The molecular weight excluding hydrogens is 256 g/mol. The highest BCUT2D eigenvalue weighted by atomic mass is 16.4. The molecule has 0 spiro atoms. The van der Waals surface area contributed by atoms with E-state index in [0.29, 0.717) is 11.5 Å². The van der Waals surface area contributed by atoms with Crippen LogP contribution in [-0.2, 0) is 6.42 Å². The third-order valence-electron chi connectivity index (χ3n) is 3.05. The molecule has 1 heterocycles. The van der Waals surface area contributed by atoms with Gasteiger partial charge in [0.25, 0.3) is 0 Å². The third-order valence-corrected chi connectivity index (χ3v) is 3.05. The third kappa shape index (κ3) is 3.27. The van der Waals surface area contributed by atoms with Crippen molar-refractivity contribution in [1.82, 2.24) is 0 Å². The number of furan rings is 1. The molecule has 20 heavy (non-hydrogen) atoms. The molecule has 0 saturated heterocycles. The molecule has 0 fully saturated rings. The molecule has 2 rings (SSSR count). The van der Waals surface area contributed by atoms with E-state index in [4.69, 9.17) is 9.52 Å². The number of carboxylic acids is 1. The fraction of sp³-hybridized carbons (Fsp3) is 0.312. The molecule has 2 N–H and O–H groups in total. The summed E-state index contributed by atoms with van der Waals surface area (Å²) in [6.07, 6.45) is 0.0384. The summed E-state index contributed by atoms with van der Waals surface area (Å²) in [4.78, 5) is 10.7. The molecular formula is C16H18O4. The fourth-order valence-electron chi connectivity index (χ4n) is 2.09. The van der Waals surface area contributed by atoms with Crippen LogP contribution in [0.1, 0.15) is 47.4 Å². The summed E-state index contributed by atoms with van der Waals surface area (Å²) in [5.41, 5.74) is 1.89. The molecule has 4 nitrogen and oxygen atoms in total. The van der Waals surface area contributed by atoms with Crippen LogP contribution in [0.25, 0.3) is 0 Å². The number of benzene rings is 1. The van der Waals surface area contributed by atoms with Gasteiger partial charge in [0.2, 0.25) is 5.76 Å². The molecule has 106 valence electrons. The second-order valence-corrected chi connectivity index (χ2v) is 5.25. The first-order valence-corrected chi connectivity index (χ1v) is 6.57. The average molecular weight is 274 g/mol. The van der Waals surface area contributed by atoms with Crippen molar-refractivity contribution < 1.29 is 19.4 Å². The standard InChI is InChI=1S/C16H18O4/c1-10(2)9-11-3-5-12(6-4-11)15(17)13-7-8-14(20-13)16(18)19/h3-8,10,15,17H,9H2,1-2H3,(H,18,19). The van der Waals surface area contributed by atoms with E-state index in [1.807, 2.05) is 24.3 Å². The number of aromatic carboxylic acids is 1. The van der Waals surface area contributed by atoms with Crippen molar-refractivity contribution in [2.24, 2.45) is 5.92 Å². The van der Waals surface area contributed by atoms with Gasteiger partial charge in [-0.1, -0.05) is 38.1 Å². The topological polar surface area (TPSA) is 70.7 Å². The Labute approximate surface area is 117 Å². The lowest BCUT2D eigenvalue weighted by Crippen LogP contribution is -2.00. The van der Waals surface area contributed by atoms with Crippen LogP contribution >= 0.6 is 0 Å². The first-order chi connectivity index (χ1) is 9.47. The molecule has 0 aliphatic heterocycles. The van der Waals surface area contributed by atoms with Crippen LogP contribution < -0.4 is 0 Å².